The fourth-order valence-corrected chi connectivity index (χ4v) is 2.19. The molecule has 0 aliphatic rings. The molecule has 2 atom stereocenters. The first-order chi connectivity index (χ1) is 11.2. The minimum absolute atomic E-state index is 0.0646. The molecular weight excluding hydrogens is 336 g/mol. The maximum absolute atomic E-state index is 12.5. The molecule has 0 bridgehead atoms. The highest BCUT2D eigenvalue weighted by Gasteiger charge is 2.29. The molecule has 0 spiro atoms. The lowest BCUT2D eigenvalue weighted by Gasteiger charge is -2.29. The Balaban J connectivity index is 2.80. The van der Waals surface area contributed by atoms with Crippen molar-refractivity contribution in [1.29, 1.82) is 0 Å². The highest BCUT2D eigenvalue weighted by atomic mass is 35.5. The lowest BCUT2D eigenvalue weighted by molar-refractivity contribution is -0.152. The largest absolute Gasteiger partial charge is 0.481 e. The van der Waals surface area contributed by atoms with Crippen molar-refractivity contribution in [2.24, 2.45) is 0 Å². The molecule has 0 aliphatic heterocycles. The van der Waals surface area contributed by atoms with Gasteiger partial charge in [-0.15, -0.1) is 0 Å². The van der Waals surface area contributed by atoms with Crippen LogP contribution in [0.1, 0.15) is 20.8 Å². The number of amides is 2. The summed E-state index contributed by atoms with van der Waals surface area (Å²) >= 11 is 5.87. The van der Waals surface area contributed by atoms with Crippen molar-refractivity contribution in [2.75, 3.05) is 13.1 Å². The van der Waals surface area contributed by atoms with E-state index in [1.807, 2.05) is 0 Å². The molecule has 8 heteroatoms. The lowest BCUT2D eigenvalue weighted by atomic mass is 10.2. The molecule has 1 aromatic rings. The SMILES string of the molecule is CC(=O)NCCN(C(=O)C(C)Oc1cccc(Cl)c1)C(C)C(=O)O. The molecule has 0 aromatic heterocycles. The molecule has 0 aliphatic carbocycles. The number of rotatable bonds is 8. The van der Waals surface area contributed by atoms with E-state index >= 15 is 0 Å². The molecule has 7 nitrogen and oxygen atoms in total. The van der Waals surface area contributed by atoms with Crippen LogP contribution in [0, 0.1) is 0 Å². The van der Waals surface area contributed by atoms with Crippen LogP contribution in [0.4, 0.5) is 0 Å². The average molecular weight is 357 g/mol. The zero-order valence-electron chi connectivity index (χ0n) is 13.8. The molecule has 0 heterocycles. The van der Waals surface area contributed by atoms with Gasteiger partial charge in [-0.2, -0.15) is 0 Å². The van der Waals surface area contributed by atoms with E-state index in [4.69, 9.17) is 16.3 Å². The maximum Gasteiger partial charge on any atom is 0.326 e. The first kappa shape index (κ1) is 19.8. The van der Waals surface area contributed by atoms with Crippen molar-refractivity contribution in [3.05, 3.63) is 29.3 Å². The number of carbonyl (C=O) groups excluding carboxylic acids is 2. The molecule has 132 valence electrons. The Bertz CT molecular complexity index is 608. The number of benzene rings is 1. The lowest BCUT2D eigenvalue weighted by Crippen LogP contribution is -2.51. The monoisotopic (exact) mass is 356 g/mol. The number of halogens is 1. The second-order valence-corrected chi connectivity index (χ2v) is 5.68. The van der Waals surface area contributed by atoms with Crippen LogP contribution in [0.3, 0.4) is 0 Å². The summed E-state index contributed by atoms with van der Waals surface area (Å²) in [7, 11) is 0. The number of carbonyl (C=O) groups is 3. The van der Waals surface area contributed by atoms with Gasteiger partial charge in [0.05, 0.1) is 0 Å². The Hall–Kier alpha value is -2.28. The van der Waals surface area contributed by atoms with E-state index < -0.39 is 24.0 Å². The second kappa shape index (κ2) is 9.12. The third-order valence-electron chi connectivity index (χ3n) is 3.29. The van der Waals surface area contributed by atoms with Gasteiger partial charge in [0, 0.05) is 25.0 Å². The molecule has 1 rings (SSSR count). The highest BCUT2D eigenvalue weighted by Crippen LogP contribution is 2.19. The second-order valence-electron chi connectivity index (χ2n) is 5.25. The van der Waals surface area contributed by atoms with Crippen molar-refractivity contribution in [1.82, 2.24) is 10.2 Å². The molecule has 0 fully saturated rings. The average Bonchev–Trinajstić information content (AvgIpc) is 2.50. The van der Waals surface area contributed by atoms with E-state index in [0.717, 1.165) is 4.90 Å². The third-order valence-corrected chi connectivity index (χ3v) is 3.53. The fraction of sp³-hybridized carbons (Fsp3) is 0.438. The number of ether oxygens (including phenoxy) is 1. The van der Waals surface area contributed by atoms with Gasteiger partial charge in [0.2, 0.25) is 5.91 Å². The van der Waals surface area contributed by atoms with Gasteiger partial charge in [-0.1, -0.05) is 17.7 Å². The molecule has 24 heavy (non-hydrogen) atoms. The fourth-order valence-electron chi connectivity index (χ4n) is 2.01. The van der Waals surface area contributed by atoms with Gasteiger partial charge in [0.25, 0.3) is 5.91 Å². The van der Waals surface area contributed by atoms with Crippen LogP contribution in [0.15, 0.2) is 24.3 Å². The summed E-state index contributed by atoms with van der Waals surface area (Å²) in [6.45, 7) is 4.50. The first-order valence-corrected chi connectivity index (χ1v) is 7.80. The van der Waals surface area contributed by atoms with Crippen LogP contribution < -0.4 is 10.1 Å². The summed E-state index contributed by atoms with van der Waals surface area (Å²) in [5.41, 5.74) is 0. The van der Waals surface area contributed by atoms with E-state index in [-0.39, 0.29) is 19.0 Å². The molecule has 0 saturated heterocycles. The third kappa shape index (κ3) is 6.08. The minimum Gasteiger partial charge on any atom is -0.481 e. The summed E-state index contributed by atoms with van der Waals surface area (Å²) < 4.78 is 5.54. The molecular formula is C16H21ClN2O5. The Morgan fingerprint density at radius 3 is 2.54 bits per heavy atom. The van der Waals surface area contributed by atoms with Gasteiger partial charge in [0.1, 0.15) is 11.8 Å². The van der Waals surface area contributed by atoms with Crippen LogP contribution in [-0.4, -0.2) is 53.0 Å². The van der Waals surface area contributed by atoms with Gasteiger partial charge in [-0.25, -0.2) is 4.79 Å². The number of hydrogen-bond donors (Lipinski definition) is 2. The predicted molar refractivity (Wildman–Crippen MR) is 89.0 cm³/mol. The molecule has 2 amide bonds. The highest BCUT2D eigenvalue weighted by molar-refractivity contribution is 6.30. The Morgan fingerprint density at radius 2 is 2.00 bits per heavy atom. The summed E-state index contributed by atoms with van der Waals surface area (Å²) in [5, 5.41) is 12.2. The van der Waals surface area contributed by atoms with E-state index in [0.29, 0.717) is 10.8 Å². The zero-order valence-corrected chi connectivity index (χ0v) is 14.5. The number of carboxylic acid groups (broad SMARTS) is 1. The Kier molecular flexibility index (Phi) is 7.51. The molecule has 1 aromatic carbocycles. The number of nitrogens with one attached hydrogen (secondary N) is 1. The van der Waals surface area contributed by atoms with E-state index in [1.54, 1.807) is 24.3 Å². The number of aliphatic carboxylic acids is 1. The van der Waals surface area contributed by atoms with Crippen molar-refractivity contribution in [2.45, 2.75) is 32.9 Å². The van der Waals surface area contributed by atoms with Crippen molar-refractivity contribution >= 4 is 29.4 Å². The van der Waals surface area contributed by atoms with Crippen LogP contribution in [-0.2, 0) is 14.4 Å². The normalized spacial score (nSPS) is 12.8. The zero-order chi connectivity index (χ0) is 18.3. The quantitative estimate of drug-likeness (QED) is 0.736. The molecule has 0 radical (unpaired) electrons. The summed E-state index contributed by atoms with van der Waals surface area (Å²) in [5.74, 6) is -1.47. The van der Waals surface area contributed by atoms with Crippen LogP contribution in [0.5, 0.6) is 5.75 Å². The first-order valence-electron chi connectivity index (χ1n) is 7.42. The Labute approximate surface area is 145 Å². The maximum atomic E-state index is 12.5. The van der Waals surface area contributed by atoms with Crippen molar-refractivity contribution < 1.29 is 24.2 Å². The topological polar surface area (TPSA) is 95.9 Å². The predicted octanol–water partition coefficient (Wildman–Crippen LogP) is 1.55. The van der Waals surface area contributed by atoms with Crippen LogP contribution >= 0.6 is 11.6 Å². The summed E-state index contributed by atoms with van der Waals surface area (Å²) in [6.07, 6.45) is -0.900. The molecule has 0 saturated carbocycles. The van der Waals surface area contributed by atoms with Gasteiger partial charge in [0.15, 0.2) is 6.10 Å². The van der Waals surface area contributed by atoms with E-state index in [9.17, 15) is 19.5 Å². The van der Waals surface area contributed by atoms with Crippen LogP contribution in [0.25, 0.3) is 0 Å². The van der Waals surface area contributed by atoms with Crippen molar-refractivity contribution in [3.63, 3.8) is 0 Å². The van der Waals surface area contributed by atoms with Gasteiger partial charge in [-0.3, -0.25) is 9.59 Å². The molecule has 2 N–H and O–H groups in total. The molecule has 2 unspecified atom stereocenters. The Morgan fingerprint density at radius 1 is 1.33 bits per heavy atom. The smallest absolute Gasteiger partial charge is 0.326 e. The number of carboxylic acids is 1. The van der Waals surface area contributed by atoms with Crippen LogP contribution in [0.2, 0.25) is 5.02 Å². The van der Waals surface area contributed by atoms with Crippen molar-refractivity contribution in [3.8, 4) is 5.75 Å². The summed E-state index contributed by atoms with van der Waals surface area (Å²) in [4.78, 5) is 35.9. The number of nitrogens with zero attached hydrogens (tertiary/aromatic N) is 1. The minimum atomic E-state index is -1.14. The van der Waals surface area contributed by atoms with E-state index in [1.165, 1.54) is 20.8 Å². The standard InChI is InChI=1S/C16H21ClN2O5/c1-10(16(22)23)19(8-7-18-12(3)20)15(21)11(2)24-14-6-4-5-13(17)9-14/h4-6,9-11H,7-8H2,1-3H3,(H,18,20)(H,22,23). The number of hydrogen-bond acceptors (Lipinski definition) is 4. The van der Waals surface area contributed by atoms with Gasteiger partial charge < -0.3 is 20.1 Å². The summed E-state index contributed by atoms with van der Waals surface area (Å²) in [6, 6.07) is 5.53. The van der Waals surface area contributed by atoms with Gasteiger partial charge >= 0.3 is 5.97 Å². The van der Waals surface area contributed by atoms with Gasteiger partial charge in [-0.05, 0) is 32.0 Å². The van der Waals surface area contributed by atoms with E-state index in [2.05, 4.69) is 5.32 Å².